The van der Waals surface area contributed by atoms with E-state index in [1.165, 1.54) is 25.7 Å². The van der Waals surface area contributed by atoms with Crippen LogP contribution < -0.4 is 5.32 Å². The van der Waals surface area contributed by atoms with Crippen molar-refractivity contribution in [2.24, 2.45) is 0 Å². The molecule has 0 aromatic carbocycles. The van der Waals surface area contributed by atoms with Crippen molar-refractivity contribution in [1.82, 2.24) is 15.2 Å². The van der Waals surface area contributed by atoms with Crippen molar-refractivity contribution in [2.75, 3.05) is 13.6 Å². The summed E-state index contributed by atoms with van der Waals surface area (Å²) in [4.78, 5) is 30.8. The SMILES string of the molecule is CCCCN(C)C(=O)c1cccc(C(=O)NC2CCCCCC2)n1. The Morgan fingerprint density at radius 2 is 1.83 bits per heavy atom. The van der Waals surface area contributed by atoms with Crippen LogP contribution in [0.5, 0.6) is 0 Å². The van der Waals surface area contributed by atoms with E-state index < -0.39 is 0 Å². The number of nitrogens with one attached hydrogen (secondary N) is 1. The normalized spacial score (nSPS) is 15.6. The van der Waals surface area contributed by atoms with E-state index in [2.05, 4.69) is 17.2 Å². The Morgan fingerprint density at radius 3 is 2.50 bits per heavy atom. The van der Waals surface area contributed by atoms with Gasteiger partial charge in [0.05, 0.1) is 0 Å². The van der Waals surface area contributed by atoms with Crippen LogP contribution in [0.2, 0.25) is 0 Å². The van der Waals surface area contributed by atoms with Crippen LogP contribution >= 0.6 is 0 Å². The standard InChI is InChI=1S/C19H29N3O2/c1-3-4-14-22(2)19(24)17-13-9-12-16(21-17)18(23)20-15-10-7-5-6-8-11-15/h9,12-13,15H,3-8,10-11,14H2,1-2H3,(H,20,23). The van der Waals surface area contributed by atoms with Crippen molar-refractivity contribution in [3.63, 3.8) is 0 Å². The van der Waals surface area contributed by atoms with Gasteiger partial charge >= 0.3 is 0 Å². The zero-order valence-corrected chi connectivity index (χ0v) is 14.9. The summed E-state index contributed by atoms with van der Waals surface area (Å²) in [6, 6.07) is 5.31. The van der Waals surface area contributed by atoms with Crippen LogP contribution in [0.1, 0.15) is 79.3 Å². The van der Waals surface area contributed by atoms with Crippen molar-refractivity contribution < 1.29 is 9.59 Å². The van der Waals surface area contributed by atoms with Crippen molar-refractivity contribution in [3.05, 3.63) is 29.6 Å². The zero-order chi connectivity index (χ0) is 17.4. The molecule has 0 bridgehead atoms. The van der Waals surface area contributed by atoms with E-state index in [0.717, 1.165) is 25.7 Å². The maximum atomic E-state index is 12.4. The molecule has 0 radical (unpaired) electrons. The maximum absolute atomic E-state index is 12.4. The fraction of sp³-hybridized carbons (Fsp3) is 0.632. The van der Waals surface area contributed by atoms with Crippen LogP contribution in [-0.4, -0.2) is 41.3 Å². The molecule has 132 valence electrons. The van der Waals surface area contributed by atoms with Gasteiger partial charge in [-0.25, -0.2) is 4.98 Å². The summed E-state index contributed by atoms with van der Waals surface area (Å²) in [7, 11) is 1.78. The number of amides is 2. The first kappa shape index (κ1) is 18.4. The second kappa shape index (κ2) is 9.40. The van der Waals surface area contributed by atoms with Crippen LogP contribution in [0.4, 0.5) is 0 Å². The minimum absolute atomic E-state index is 0.132. The van der Waals surface area contributed by atoms with Gasteiger partial charge in [0.25, 0.3) is 11.8 Å². The topological polar surface area (TPSA) is 62.3 Å². The van der Waals surface area contributed by atoms with E-state index >= 15 is 0 Å². The van der Waals surface area contributed by atoms with Gasteiger partial charge in [-0.2, -0.15) is 0 Å². The van der Waals surface area contributed by atoms with Crippen molar-refractivity contribution in [1.29, 1.82) is 0 Å². The number of hydrogen-bond donors (Lipinski definition) is 1. The van der Waals surface area contributed by atoms with E-state index in [1.54, 1.807) is 30.1 Å². The molecule has 1 fully saturated rings. The Kier molecular flexibility index (Phi) is 7.22. The average molecular weight is 331 g/mol. The molecule has 0 spiro atoms. The highest BCUT2D eigenvalue weighted by Gasteiger charge is 2.18. The van der Waals surface area contributed by atoms with Gasteiger partial charge in [-0.3, -0.25) is 9.59 Å². The number of rotatable bonds is 6. The molecule has 0 unspecified atom stereocenters. The quantitative estimate of drug-likeness (QED) is 0.813. The molecule has 2 amide bonds. The van der Waals surface area contributed by atoms with E-state index in [9.17, 15) is 9.59 Å². The lowest BCUT2D eigenvalue weighted by atomic mass is 10.1. The molecule has 1 aliphatic rings. The second-order valence-corrected chi connectivity index (χ2v) is 6.65. The fourth-order valence-corrected chi connectivity index (χ4v) is 3.06. The third-order valence-corrected chi connectivity index (χ3v) is 4.59. The smallest absolute Gasteiger partial charge is 0.272 e. The van der Waals surface area contributed by atoms with Crippen LogP contribution in [-0.2, 0) is 0 Å². The van der Waals surface area contributed by atoms with Gasteiger partial charge in [-0.1, -0.05) is 45.1 Å². The molecule has 1 aromatic rings. The number of unbranched alkanes of at least 4 members (excludes halogenated alkanes) is 1. The summed E-state index contributed by atoms with van der Waals surface area (Å²) < 4.78 is 0. The van der Waals surface area contributed by atoms with E-state index in [4.69, 9.17) is 0 Å². The molecule has 5 heteroatoms. The molecule has 0 aliphatic heterocycles. The molecule has 0 saturated heterocycles. The van der Waals surface area contributed by atoms with Gasteiger partial charge in [0.1, 0.15) is 11.4 Å². The number of nitrogens with zero attached hydrogens (tertiary/aromatic N) is 2. The molecular weight excluding hydrogens is 302 g/mol. The Bertz CT molecular complexity index is 551. The maximum Gasteiger partial charge on any atom is 0.272 e. The Hall–Kier alpha value is -1.91. The number of hydrogen-bond acceptors (Lipinski definition) is 3. The first-order chi connectivity index (χ1) is 11.6. The molecule has 2 rings (SSSR count). The van der Waals surface area contributed by atoms with Gasteiger partial charge in [-0.15, -0.1) is 0 Å². The highest BCUT2D eigenvalue weighted by atomic mass is 16.2. The second-order valence-electron chi connectivity index (χ2n) is 6.65. The van der Waals surface area contributed by atoms with Gasteiger partial charge in [0, 0.05) is 19.6 Å². The molecule has 5 nitrogen and oxygen atoms in total. The molecule has 1 saturated carbocycles. The summed E-state index contributed by atoms with van der Waals surface area (Å²) in [6.45, 7) is 2.80. The monoisotopic (exact) mass is 331 g/mol. The van der Waals surface area contributed by atoms with Gasteiger partial charge < -0.3 is 10.2 Å². The lowest BCUT2D eigenvalue weighted by Crippen LogP contribution is -2.35. The van der Waals surface area contributed by atoms with E-state index in [0.29, 0.717) is 17.9 Å². The Morgan fingerprint density at radius 1 is 1.17 bits per heavy atom. The van der Waals surface area contributed by atoms with E-state index in [1.807, 2.05) is 0 Å². The fourth-order valence-electron chi connectivity index (χ4n) is 3.06. The number of carbonyl (C=O) groups is 2. The number of aromatic nitrogens is 1. The van der Waals surface area contributed by atoms with Gasteiger partial charge in [-0.05, 0) is 31.4 Å². The third kappa shape index (κ3) is 5.32. The highest BCUT2D eigenvalue weighted by Crippen LogP contribution is 2.17. The summed E-state index contributed by atoms with van der Waals surface area (Å²) in [6.07, 6.45) is 8.89. The van der Waals surface area contributed by atoms with Crippen LogP contribution in [0.25, 0.3) is 0 Å². The first-order valence-electron chi connectivity index (χ1n) is 9.15. The van der Waals surface area contributed by atoms with Crippen LogP contribution in [0.15, 0.2) is 18.2 Å². The molecule has 1 aliphatic carbocycles. The minimum Gasteiger partial charge on any atom is -0.348 e. The molecule has 1 aromatic heterocycles. The molecular formula is C19H29N3O2. The summed E-state index contributed by atoms with van der Waals surface area (Å²) in [5.74, 6) is -0.305. The van der Waals surface area contributed by atoms with Crippen molar-refractivity contribution >= 4 is 11.8 Å². The summed E-state index contributed by atoms with van der Waals surface area (Å²) >= 11 is 0. The van der Waals surface area contributed by atoms with Crippen molar-refractivity contribution in [2.45, 2.75) is 64.3 Å². The Labute approximate surface area is 144 Å². The first-order valence-corrected chi connectivity index (χ1v) is 9.15. The average Bonchev–Trinajstić information content (AvgIpc) is 2.87. The van der Waals surface area contributed by atoms with Crippen molar-refractivity contribution in [3.8, 4) is 0 Å². The highest BCUT2D eigenvalue weighted by molar-refractivity contribution is 5.96. The summed E-state index contributed by atoms with van der Waals surface area (Å²) in [5.41, 5.74) is 0.663. The predicted molar refractivity (Wildman–Crippen MR) is 95.1 cm³/mol. The summed E-state index contributed by atoms with van der Waals surface area (Å²) in [5, 5.41) is 3.08. The van der Waals surface area contributed by atoms with Gasteiger partial charge in [0.2, 0.25) is 0 Å². The molecule has 1 N–H and O–H groups in total. The molecule has 1 heterocycles. The Balaban J connectivity index is 2.00. The largest absolute Gasteiger partial charge is 0.348 e. The molecule has 0 atom stereocenters. The zero-order valence-electron chi connectivity index (χ0n) is 14.9. The van der Waals surface area contributed by atoms with Crippen LogP contribution in [0.3, 0.4) is 0 Å². The lowest BCUT2D eigenvalue weighted by Gasteiger charge is -2.17. The van der Waals surface area contributed by atoms with Crippen LogP contribution in [0, 0.1) is 0 Å². The minimum atomic E-state index is -0.173. The number of carbonyl (C=O) groups excluding carboxylic acids is 2. The van der Waals surface area contributed by atoms with E-state index in [-0.39, 0.29) is 17.9 Å². The lowest BCUT2D eigenvalue weighted by molar-refractivity contribution is 0.0787. The predicted octanol–water partition coefficient (Wildman–Crippen LogP) is 3.41. The molecule has 24 heavy (non-hydrogen) atoms. The third-order valence-electron chi connectivity index (χ3n) is 4.59. The van der Waals surface area contributed by atoms with Gasteiger partial charge in [0.15, 0.2) is 0 Å². The number of pyridine rings is 1.